The van der Waals surface area contributed by atoms with Crippen molar-refractivity contribution in [3.63, 3.8) is 0 Å². The van der Waals surface area contributed by atoms with Crippen LogP contribution in [0.5, 0.6) is 0 Å². The molecule has 56 valence electrons. The summed E-state index contributed by atoms with van der Waals surface area (Å²) in [5.41, 5.74) is 1.19. The van der Waals surface area contributed by atoms with Gasteiger partial charge in [0.1, 0.15) is 12.7 Å². The zero-order chi connectivity index (χ0) is 6.81. The topological polar surface area (TPSA) is 18.5 Å². The van der Waals surface area contributed by atoms with E-state index in [0.717, 1.165) is 0 Å². The van der Waals surface area contributed by atoms with Crippen LogP contribution in [0, 0.1) is 0 Å². The summed E-state index contributed by atoms with van der Waals surface area (Å²) >= 11 is 0. The minimum absolute atomic E-state index is 0. The van der Waals surface area contributed by atoms with Crippen molar-refractivity contribution in [2.75, 3.05) is 6.61 Å². The van der Waals surface area contributed by atoms with Crippen molar-refractivity contribution < 1.29 is 9.78 Å². The van der Waals surface area contributed by atoms with Gasteiger partial charge in [-0.15, -0.1) is 0 Å². The SMILES string of the molecule is [NaH].[NaH].c1ccc(C2COO2)cc1. The monoisotopic (exact) mass is 184 g/mol. The predicted octanol–water partition coefficient (Wildman–Crippen LogP) is 0.392. The van der Waals surface area contributed by atoms with E-state index in [1.807, 2.05) is 30.3 Å². The molecule has 0 bridgehead atoms. The summed E-state index contributed by atoms with van der Waals surface area (Å²) in [7, 11) is 0. The largest absolute Gasteiger partial charge is 0.233 e. The van der Waals surface area contributed by atoms with Crippen molar-refractivity contribution in [1.29, 1.82) is 0 Å². The van der Waals surface area contributed by atoms with E-state index in [-0.39, 0.29) is 65.2 Å². The van der Waals surface area contributed by atoms with Crippen LogP contribution < -0.4 is 0 Å². The third-order valence-corrected chi connectivity index (χ3v) is 1.57. The van der Waals surface area contributed by atoms with Gasteiger partial charge in [0.25, 0.3) is 0 Å². The van der Waals surface area contributed by atoms with Crippen LogP contribution in [0.15, 0.2) is 30.3 Å². The van der Waals surface area contributed by atoms with Gasteiger partial charge in [0.2, 0.25) is 0 Å². The Morgan fingerprint density at radius 2 is 1.67 bits per heavy atom. The molecule has 1 aromatic rings. The van der Waals surface area contributed by atoms with Crippen molar-refractivity contribution in [3.05, 3.63) is 35.9 Å². The van der Waals surface area contributed by atoms with E-state index in [0.29, 0.717) is 6.61 Å². The van der Waals surface area contributed by atoms with Crippen LogP contribution in [0.1, 0.15) is 11.7 Å². The molecule has 0 radical (unpaired) electrons. The molecule has 1 fully saturated rings. The summed E-state index contributed by atoms with van der Waals surface area (Å²) in [4.78, 5) is 9.41. The Bertz CT molecular complexity index is 212. The average Bonchev–Trinajstić information content (AvgIpc) is 1.86. The van der Waals surface area contributed by atoms with Crippen molar-refractivity contribution >= 4 is 59.1 Å². The number of hydrogen-bond acceptors (Lipinski definition) is 2. The Hall–Kier alpha value is 1.14. The van der Waals surface area contributed by atoms with E-state index >= 15 is 0 Å². The second-order valence-electron chi connectivity index (χ2n) is 2.28. The summed E-state index contributed by atoms with van der Waals surface area (Å²) in [6.07, 6.45) is 0.168. The molecule has 0 N–H and O–H groups in total. The normalized spacial score (nSPS) is 19.8. The third-order valence-electron chi connectivity index (χ3n) is 1.57. The Morgan fingerprint density at radius 1 is 1.08 bits per heavy atom. The van der Waals surface area contributed by atoms with Gasteiger partial charge in [0, 0.05) is 0 Å². The van der Waals surface area contributed by atoms with Gasteiger partial charge < -0.3 is 0 Å². The maximum Gasteiger partial charge on any atom is 0.144 e. The second kappa shape index (κ2) is 6.57. The summed E-state index contributed by atoms with van der Waals surface area (Å²) < 4.78 is 0. The van der Waals surface area contributed by atoms with Gasteiger partial charge >= 0.3 is 59.1 Å². The van der Waals surface area contributed by atoms with Gasteiger partial charge in [-0.1, -0.05) is 30.3 Å². The van der Waals surface area contributed by atoms with Crippen molar-refractivity contribution in [3.8, 4) is 0 Å². The standard InChI is InChI=1S/C8H8O2.2Na.2H/c1-2-4-7(5-3-1)8-6-9-10-8;;;;/h1-5,8H,6H2;;;;. The van der Waals surface area contributed by atoms with Gasteiger partial charge in [-0.05, 0) is 5.56 Å². The Morgan fingerprint density at radius 3 is 2.08 bits per heavy atom. The van der Waals surface area contributed by atoms with Gasteiger partial charge in [-0.2, -0.15) is 0 Å². The Labute approximate surface area is 116 Å². The maximum atomic E-state index is 4.82. The molecule has 1 heterocycles. The molecule has 1 saturated heterocycles. The van der Waals surface area contributed by atoms with Crippen molar-refractivity contribution in [1.82, 2.24) is 0 Å². The van der Waals surface area contributed by atoms with Crippen LogP contribution in [-0.4, -0.2) is 65.7 Å². The van der Waals surface area contributed by atoms with Gasteiger partial charge in [0.15, 0.2) is 0 Å². The van der Waals surface area contributed by atoms with Gasteiger partial charge in [-0.25, -0.2) is 9.78 Å². The summed E-state index contributed by atoms with van der Waals surface area (Å²) in [5, 5.41) is 0. The maximum absolute atomic E-state index is 4.82. The zero-order valence-electron chi connectivity index (χ0n) is 5.49. The Kier molecular flexibility index (Phi) is 7.20. The molecule has 1 aliphatic rings. The van der Waals surface area contributed by atoms with Crippen LogP contribution in [0.2, 0.25) is 0 Å². The van der Waals surface area contributed by atoms with E-state index in [4.69, 9.17) is 4.89 Å². The molecule has 0 spiro atoms. The molecule has 1 unspecified atom stereocenters. The fraction of sp³-hybridized carbons (Fsp3) is 0.250. The zero-order valence-corrected chi connectivity index (χ0v) is 5.49. The molecule has 2 rings (SSSR count). The molecule has 1 atom stereocenters. The van der Waals surface area contributed by atoms with Crippen molar-refractivity contribution in [2.45, 2.75) is 6.10 Å². The molecule has 1 aliphatic heterocycles. The molecule has 0 saturated carbocycles. The first kappa shape index (κ1) is 13.1. The molecule has 1 aromatic carbocycles. The second-order valence-corrected chi connectivity index (χ2v) is 2.28. The third kappa shape index (κ3) is 3.13. The van der Waals surface area contributed by atoms with Crippen LogP contribution in [0.4, 0.5) is 0 Å². The van der Waals surface area contributed by atoms with Crippen molar-refractivity contribution in [2.24, 2.45) is 0 Å². The van der Waals surface area contributed by atoms with E-state index in [1.54, 1.807) is 0 Å². The first-order valence-electron chi connectivity index (χ1n) is 3.30. The average molecular weight is 184 g/mol. The summed E-state index contributed by atoms with van der Waals surface area (Å²) in [6.45, 7) is 0.685. The van der Waals surface area contributed by atoms with E-state index in [9.17, 15) is 0 Å². The predicted molar refractivity (Wildman–Crippen MR) is 50.5 cm³/mol. The molecule has 0 aromatic heterocycles. The van der Waals surface area contributed by atoms with E-state index < -0.39 is 0 Å². The first-order valence-corrected chi connectivity index (χ1v) is 3.30. The van der Waals surface area contributed by atoms with Crippen LogP contribution >= 0.6 is 0 Å². The number of rotatable bonds is 1. The fourth-order valence-electron chi connectivity index (χ4n) is 0.956. The molecular weight excluding hydrogens is 174 g/mol. The molecule has 12 heavy (non-hydrogen) atoms. The van der Waals surface area contributed by atoms with E-state index in [2.05, 4.69) is 4.89 Å². The molecular formula is C8H10Na2O2. The smallest absolute Gasteiger partial charge is 0.144 e. The summed E-state index contributed by atoms with van der Waals surface area (Å²) in [6, 6.07) is 10.1. The molecule has 0 aliphatic carbocycles. The minimum atomic E-state index is 0. The van der Waals surface area contributed by atoms with Crippen LogP contribution in [-0.2, 0) is 9.78 Å². The first-order chi connectivity index (χ1) is 4.97. The van der Waals surface area contributed by atoms with Crippen LogP contribution in [0.25, 0.3) is 0 Å². The minimum Gasteiger partial charge on any atom is -0.233 e. The fourth-order valence-corrected chi connectivity index (χ4v) is 0.956. The molecule has 4 heteroatoms. The number of hydrogen-bond donors (Lipinski definition) is 0. The quantitative estimate of drug-likeness (QED) is 0.464. The van der Waals surface area contributed by atoms with Gasteiger partial charge in [-0.3, -0.25) is 0 Å². The van der Waals surface area contributed by atoms with Gasteiger partial charge in [0.05, 0.1) is 0 Å². The van der Waals surface area contributed by atoms with Crippen LogP contribution in [0.3, 0.4) is 0 Å². The molecule has 0 amide bonds. The Balaban J connectivity index is 0.000000605. The molecule has 2 nitrogen and oxygen atoms in total. The summed E-state index contributed by atoms with van der Waals surface area (Å²) in [5.74, 6) is 0. The number of benzene rings is 1. The van der Waals surface area contributed by atoms with E-state index in [1.165, 1.54) is 5.56 Å².